The van der Waals surface area contributed by atoms with E-state index in [-0.39, 0.29) is 11.7 Å². The maximum atomic E-state index is 14.0. The molecule has 0 radical (unpaired) electrons. The number of benzene rings is 1. The summed E-state index contributed by atoms with van der Waals surface area (Å²) in [6.07, 6.45) is 5.31. The zero-order valence-corrected chi connectivity index (χ0v) is 14.7. The third-order valence-corrected chi connectivity index (χ3v) is 4.36. The fraction of sp³-hybridized carbons (Fsp3) is 0.211. The quantitative estimate of drug-likeness (QED) is 0.536. The predicted octanol–water partition coefficient (Wildman–Crippen LogP) is 2.94. The molecule has 0 atom stereocenters. The zero-order chi connectivity index (χ0) is 19.4. The number of nitrogens with one attached hydrogen (secondary N) is 2. The normalized spacial score (nSPS) is 15.6. The first-order chi connectivity index (χ1) is 13.0. The summed E-state index contributed by atoms with van der Waals surface area (Å²) in [6.45, 7) is 0. The van der Waals surface area contributed by atoms with Gasteiger partial charge in [0.15, 0.2) is 11.6 Å². The number of amides is 1. The van der Waals surface area contributed by atoms with Gasteiger partial charge in [-0.2, -0.15) is 4.99 Å². The average molecular weight is 371 g/mol. The van der Waals surface area contributed by atoms with Crippen molar-refractivity contribution in [3.05, 3.63) is 66.0 Å². The first kappa shape index (κ1) is 18.5. The number of anilines is 2. The van der Waals surface area contributed by atoms with Crippen LogP contribution in [-0.2, 0) is 10.2 Å². The lowest BCUT2D eigenvalue weighted by molar-refractivity contribution is -0.120. The highest BCUT2D eigenvalue weighted by Crippen LogP contribution is 2.50. The molecule has 3 rings (SSSR count). The summed E-state index contributed by atoms with van der Waals surface area (Å²) in [4.78, 5) is 20.2. The molecule has 1 aromatic heterocycles. The van der Waals surface area contributed by atoms with Gasteiger partial charge in [0.25, 0.3) is 5.91 Å². The predicted molar refractivity (Wildman–Crippen MR) is 100 cm³/mol. The Bertz CT molecular complexity index is 922. The van der Waals surface area contributed by atoms with Crippen molar-refractivity contribution in [2.24, 2.45) is 10.7 Å². The Balaban J connectivity index is 1.67. The van der Waals surface area contributed by atoms with Crippen LogP contribution in [0.25, 0.3) is 0 Å². The molecule has 27 heavy (non-hydrogen) atoms. The van der Waals surface area contributed by atoms with E-state index in [0.717, 1.165) is 0 Å². The molecule has 0 bridgehead atoms. The van der Waals surface area contributed by atoms with E-state index in [2.05, 4.69) is 20.6 Å². The lowest BCUT2D eigenvalue weighted by atomic mass is 9.94. The first-order valence-electron chi connectivity index (χ1n) is 8.36. The van der Waals surface area contributed by atoms with Gasteiger partial charge in [0, 0.05) is 24.9 Å². The molecule has 140 valence electrons. The van der Waals surface area contributed by atoms with Crippen LogP contribution >= 0.6 is 0 Å². The molecule has 1 heterocycles. The summed E-state index contributed by atoms with van der Waals surface area (Å²) in [5.41, 5.74) is 5.60. The third-order valence-electron chi connectivity index (χ3n) is 4.36. The molecule has 6 nitrogen and oxygen atoms in total. The molecule has 0 saturated heterocycles. The van der Waals surface area contributed by atoms with Crippen LogP contribution < -0.4 is 16.4 Å². The Hall–Kier alpha value is -3.29. The van der Waals surface area contributed by atoms with Crippen molar-refractivity contribution in [1.82, 2.24) is 4.98 Å². The monoisotopic (exact) mass is 371 g/mol. The summed E-state index contributed by atoms with van der Waals surface area (Å²) < 4.78 is 27.6. The standard InChI is InChI=1S/C19H19F2N5O/c1-23-17-15(21)10-12(11-25-17)24-9-6-16(22)26-18(27)19(7-8-19)13-4-2-3-5-14(13)20/h2-6,9-11,24H,7-8H2,1H3,(H,23,25)(H2,22,26,27)/b9-6-. The van der Waals surface area contributed by atoms with Gasteiger partial charge in [0.05, 0.1) is 17.3 Å². The van der Waals surface area contributed by atoms with E-state index in [1.54, 1.807) is 25.2 Å². The molecule has 1 saturated carbocycles. The number of aliphatic imine (C=N–C) groups is 1. The number of aromatic nitrogens is 1. The number of nitrogens with two attached hydrogens (primary N) is 1. The van der Waals surface area contributed by atoms with Crippen LogP contribution in [0.15, 0.2) is 53.8 Å². The van der Waals surface area contributed by atoms with Gasteiger partial charge in [-0.1, -0.05) is 18.2 Å². The molecule has 4 N–H and O–H groups in total. The number of pyridine rings is 1. The van der Waals surface area contributed by atoms with Gasteiger partial charge in [-0.05, 0) is 25.0 Å². The minimum absolute atomic E-state index is 0.0320. The van der Waals surface area contributed by atoms with Crippen molar-refractivity contribution in [2.45, 2.75) is 18.3 Å². The number of halogens is 2. The van der Waals surface area contributed by atoms with Crippen LogP contribution in [0, 0.1) is 11.6 Å². The largest absolute Gasteiger partial charge is 0.384 e. The molecule has 8 heteroatoms. The van der Waals surface area contributed by atoms with E-state index >= 15 is 0 Å². The zero-order valence-electron chi connectivity index (χ0n) is 14.7. The fourth-order valence-corrected chi connectivity index (χ4v) is 2.76. The number of rotatable bonds is 6. The second kappa shape index (κ2) is 7.53. The minimum atomic E-state index is -0.923. The van der Waals surface area contributed by atoms with Gasteiger partial charge in [0.1, 0.15) is 11.7 Å². The fourth-order valence-electron chi connectivity index (χ4n) is 2.76. The van der Waals surface area contributed by atoms with Crippen LogP contribution in [-0.4, -0.2) is 23.8 Å². The van der Waals surface area contributed by atoms with Crippen molar-refractivity contribution in [1.29, 1.82) is 0 Å². The molecule has 0 unspecified atom stereocenters. The summed E-state index contributed by atoms with van der Waals surface area (Å²) in [6, 6.07) is 7.45. The van der Waals surface area contributed by atoms with Crippen molar-refractivity contribution < 1.29 is 13.6 Å². The van der Waals surface area contributed by atoms with Gasteiger partial charge in [-0.15, -0.1) is 0 Å². The molecule has 1 amide bonds. The van der Waals surface area contributed by atoms with Gasteiger partial charge in [-0.25, -0.2) is 13.8 Å². The van der Waals surface area contributed by atoms with Crippen molar-refractivity contribution in [2.75, 3.05) is 17.7 Å². The second-order valence-electron chi connectivity index (χ2n) is 6.19. The SMILES string of the molecule is CNc1ncc(N/C=C\C(N)=NC(=O)C2(c3ccccc3F)CC2)cc1F. The second-order valence-corrected chi connectivity index (χ2v) is 6.19. The Morgan fingerprint density at radius 3 is 2.67 bits per heavy atom. The van der Waals surface area contributed by atoms with Crippen molar-refractivity contribution in [3.63, 3.8) is 0 Å². The van der Waals surface area contributed by atoms with E-state index in [9.17, 15) is 13.6 Å². The van der Waals surface area contributed by atoms with E-state index in [1.165, 1.54) is 30.6 Å². The van der Waals surface area contributed by atoms with Gasteiger partial charge >= 0.3 is 0 Å². The van der Waals surface area contributed by atoms with E-state index < -0.39 is 23.0 Å². The molecular weight excluding hydrogens is 352 g/mol. The summed E-state index contributed by atoms with van der Waals surface area (Å²) in [5, 5.41) is 5.41. The van der Waals surface area contributed by atoms with Crippen LogP contribution in [0.5, 0.6) is 0 Å². The lowest BCUT2D eigenvalue weighted by Gasteiger charge is -2.12. The highest BCUT2D eigenvalue weighted by Gasteiger charge is 2.52. The maximum Gasteiger partial charge on any atom is 0.258 e. The molecule has 0 aliphatic heterocycles. The number of carbonyl (C=O) groups is 1. The average Bonchev–Trinajstić information content (AvgIpc) is 3.44. The van der Waals surface area contributed by atoms with Gasteiger partial charge < -0.3 is 16.4 Å². The number of amidine groups is 1. The summed E-state index contributed by atoms with van der Waals surface area (Å²) in [5.74, 6) is -1.29. The molecule has 2 aromatic rings. The highest BCUT2D eigenvalue weighted by atomic mass is 19.1. The summed E-state index contributed by atoms with van der Waals surface area (Å²) >= 11 is 0. The van der Waals surface area contributed by atoms with Crippen LogP contribution in [0.3, 0.4) is 0 Å². The molecule has 0 spiro atoms. The highest BCUT2D eigenvalue weighted by molar-refractivity contribution is 6.04. The molecule has 1 fully saturated rings. The van der Waals surface area contributed by atoms with E-state index in [1.807, 2.05) is 0 Å². The van der Waals surface area contributed by atoms with Gasteiger partial charge in [-0.3, -0.25) is 4.79 Å². The number of hydrogen-bond acceptors (Lipinski definition) is 4. The Labute approximate surface area is 155 Å². The maximum absolute atomic E-state index is 14.0. The Morgan fingerprint density at radius 2 is 2.04 bits per heavy atom. The van der Waals surface area contributed by atoms with Crippen LogP contribution in [0.2, 0.25) is 0 Å². The molecular formula is C19H19F2N5O. The van der Waals surface area contributed by atoms with Crippen molar-refractivity contribution >= 4 is 23.2 Å². The molecule has 1 aliphatic rings. The number of nitrogens with zero attached hydrogens (tertiary/aromatic N) is 2. The number of hydrogen-bond donors (Lipinski definition) is 3. The van der Waals surface area contributed by atoms with Crippen molar-refractivity contribution in [3.8, 4) is 0 Å². The third kappa shape index (κ3) is 3.94. The molecule has 1 aliphatic carbocycles. The molecule has 1 aromatic carbocycles. The lowest BCUT2D eigenvalue weighted by Crippen LogP contribution is -2.23. The summed E-state index contributed by atoms with van der Waals surface area (Å²) in [7, 11) is 1.57. The smallest absolute Gasteiger partial charge is 0.258 e. The topological polar surface area (TPSA) is 92.4 Å². The van der Waals surface area contributed by atoms with Gasteiger partial charge in [0.2, 0.25) is 0 Å². The number of carbonyl (C=O) groups excluding carboxylic acids is 1. The van der Waals surface area contributed by atoms with Crippen LogP contribution in [0.4, 0.5) is 20.3 Å². The van der Waals surface area contributed by atoms with E-state index in [0.29, 0.717) is 24.1 Å². The Morgan fingerprint density at radius 1 is 1.30 bits per heavy atom. The van der Waals surface area contributed by atoms with E-state index in [4.69, 9.17) is 5.73 Å². The minimum Gasteiger partial charge on any atom is -0.384 e. The first-order valence-corrected chi connectivity index (χ1v) is 8.36. The Kier molecular flexibility index (Phi) is 5.16. The van der Waals surface area contributed by atoms with Crippen LogP contribution in [0.1, 0.15) is 18.4 Å².